The number of ether oxygens (including phenoxy) is 4. The molecule has 0 radical (unpaired) electrons. The molecule has 0 aliphatic carbocycles. The van der Waals surface area contributed by atoms with Crippen molar-refractivity contribution in [2.24, 2.45) is 11.8 Å². The molecular weight excluding hydrogens is 552 g/mol. The number of aliphatic hydroxyl groups is 11. The Hall–Kier alpha value is -0.860. The van der Waals surface area contributed by atoms with Crippen LogP contribution in [0.5, 0.6) is 0 Å². The lowest BCUT2D eigenvalue weighted by atomic mass is 9.84. The molecule has 15 unspecified atom stereocenters. The fourth-order valence-corrected chi connectivity index (χ4v) is 4.90. The second kappa shape index (κ2) is 17.4. The van der Waals surface area contributed by atoms with Crippen molar-refractivity contribution in [2.75, 3.05) is 26.4 Å². The first kappa shape index (κ1) is 36.3. The molecule has 0 spiro atoms. The summed E-state index contributed by atoms with van der Waals surface area (Å²) in [6.07, 6.45) is -17.7. The van der Waals surface area contributed by atoms with Crippen LogP contribution in [0.15, 0.2) is 12.7 Å². The smallest absolute Gasteiger partial charge is 0.187 e. The van der Waals surface area contributed by atoms with E-state index < -0.39 is 118 Å². The molecule has 2 saturated heterocycles. The van der Waals surface area contributed by atoms with E-state index in [1.165, 1.54) is 6.92 Å². The Kier molecular flexibility index (Phi) is 15.5. The van der Waals surface area contributed by atoms with Gasteiger partial charge in [0.1, 0.15) is 48.8 Å². The van der Waals surface area contributed by atoms with Crippen LogP contribution >= 0.6 is 0 Å². The van der Waals surface area contributed by atoms with Crippen LogP contribution in [-0.2, 0) is 18.9 Å². The van der Waals surface area contributed by atoms with Gasteiger partial charge in [0, 0.05) is 25.0 Å². The Labute approximate surface area is 238 Å². The maximum absolute atomic E-state index is 10.9. The van der Waals surface area contributed by atoms with Gasteiger partial charge in [0.2, 0.25) is 0 Å². The lowest BCUT2D eigenvalue weighted by Crippen LogP contribution is -2.64. The van der Waals surface area contributed by atoms with Crippen molar-refractivity contribution in [3.05, 3.63) is 12.7 Å². The minimum absolute atomic E-state index is 0.145. The van der Waals surface area contributed by atoms with E-state index in [4.69, 9.17) is 18.9 Å². The summed E-state index contributed by atoms with van der Waals surface area (Å²) in [4.78, 5) is 0. The number of rotatable bonds is 17. The molecule has 2 heterocycles. The van der Waals surface area contributed by atoms with Gasteiger partial charge in [0.05, 0.1) is 31.5 Å². The highest BCUT2D eigenvalue weighted by molar-refractivity contribution is 4.95. The molecule has 0 aromatic carbocycles. The molecule has 2 rings (SSSR count). The number of hydrogen-bond acceptors (Lipinski definition) is 15. The molecule has 2 fully saturated rings. The van der Waals surface area contributed by atoms with Crippen molar-refractivity contribution >= 4 is 0 Å². The second-order valence-electron chi connectivity index (χ2n) is 10.8. The molecule has 15 heteroatoms. The van der Waals surface area contributed by atoms with Crippen LogP contribution < -0.4 is 0 Å². The van der Waals surface area contributed by atoms with E-state index in [1.807, 2.05) is 0 Å². The largest absolute Gasteiger partial charge is 0.396 e. The molecule has 0 saturated carbocycles. The zero-order chi connectivity index (χ0) is 30.9. The predicted molar refractivity (Wildman–Crippen MR) is 139 cm³/mol. The van der Waals surface area contributed by atoms with Crippen LogP contribution in [0.1, 0.15) is 32.6 Å². The van der Waals surface area contributed by atoms with E-state index in [1.54, 1.807) is 6.08 Å². The Morgan fingerprint density at radius 3 is 1.93 bits per heavy atom. The third-order valence-corrected chi connectivity index (χ3v) is 7.69. The van der Waals surface area contributed by atoms with Gasteiger partial charge in [-0.15, -0.1) is 6.58 Å². The van der Waals surface area contributed by atoms with E-state index in [-0.39, 0.29) is 6.61 Å². The molecule has 0 bridgehead atoms. The summed E-state index contributed by atoms with van der Waals surface area (Å²) in [5, 5.41) is 113. The van der Waals surface area contributed by atoms with Crippen molar-refractivity contribution in [2.45, 2.75) is 112 Å². The number of unbranched alkanes of at least 4 members (excludes halogenated alkanes) is 2. The highest BCUT2D eigenvalue weighted by Gasteiger charge is 2.52. The fraction of sp³-hybridized carbons (Fsp3) is 0.923. The Morgan fingerprint density at radius 1 is 0.780 bits per heavy atom. The molecule has 41 heavy (non-hydrogen) atoms. The summed E-state index contributed by atoms with van der Waals surface area (Å²) in [7, 11) is 0. The van der Waals surface area contributed by atoms with Crippen molar-refractivity contribution in [1.82, 2.24) is 0 Å². The van der Waals surface area contributed by atoms with Gasteiger partial charge in [-0.05, 0) is 25.7 Å². The first-order valence-electron chi connectivity index (χ1n) is 13.9. The summed E-state index contributed by atoms with van der Waals surface area (Å²) >= 11 is 0. The average Bonchev–Trinajstić information content (AvgIpc) is 2.97. The monoisotopic (exact) mass is 600 g/mol. The molecular formula is C26H48O15. The fourth-order valence-electron chi connectivity index (χ4n) is 4.90. The minimum atomic E-state index is -1.96. The molecule has 15 atom stereocenters. The first-order chi connectivity index (χ1) is 19.4. The maximum Gasteiger partial charge on any atom is 0.187 e. The van der Waals surface area contributed by atoms with Crippen molar-refractivity contribution in [3.8, 4) is 0 Å². The highest BCUT2D eigenvalue weighted by Crippen LogP contribution is 2.35. The van der Waals surface area contributed by atoms with Gasteiger partial charge in [-0.1, -0.05) is 13.0 Å². The highest BCUT2D eigenvalue weighted by atomic mass is 16.7. The zero-order valence-corrected chi connectivity index (χ0v) is 23.2. The molecule has 0 amide bonds. The Morgan fingerprint density at radius 2 is 1.37 bits per heavy atom. The van der Waals surface area contributed by atoms with E-state index in [0.29, 0.717) is 6.42 Å². The molecule has 0 aromatic rings. The minimum Gasteiger partial charge on any atom is -0.396 e. The molecule has 2 aliphatic rings. The van der Waals surface area contributed by atoms with Crippen LogP contribution in [0.3, 0.4) is 0 Å². The third kappa shape index (κ3) is 9.31. The van der Waals surface area contributed by atoms with E-state index in [0.717, 1.165) is 12.8 Å². The summed E-state index contributed by atoms with van der Waals surface area (Å²) in [6, 6.07) is 0. The van der Waals surface area contributed by atoms with Gasteiger partial charge >= 0.3 is 0 Å². The standard InChI is InChI=1S/C26H48O15/c1-3-4-5-6-7-38-26-24(23(37)21(35)16(11-29)40-26)41-25-13(18(32)20(34)15(10-28)39-25)8-14(30)19(33)22(36)17(31)12(2)9-27/h3,12-37H,1,4-11H2,2H3. The first-order valence-corrected chi connectivity index (χ1v) is 13.9. The van der Waals surface area contributed by atoms with Crippen LogP contribution in [0.2, 0.25) is 0 Å². The lowest BCUT2D eigenvalue weighted by Gasteiger charge is -2.47. The van der Waals surface area contributed by atoms with Gasteiger partial charge in [-0.25, -0.2) is 0 Å². The molecule has 0 aromatic heterocycles. The Bertz CT molecular complexity index is 746. The Balaban J connectivity index is 2.26. The van der Waals surface area contributed by atoms with Gasteiger partial charge in [-0.2, -0.15) is 0 Å². The van der Waals surface area contributed by atoms with Crippen molar-refractivity contribution in [3.63, 3.8) is 0 Å². The van der Waals surface area contributed by atoms with Crippen molar-refractivity contribution in [1.29, 1.82) is 0 Å². The topological polar surface area (TPSA) is 259 Å². The summed E-state index contributed by atoms with van der Waals surface area (Å²) in [6.45, 7) is 3.30. The van der Waals surface area contributed by atoms with E-state index in [9.17, 15) is 56.2 Å². The molecule has 2 aliphatic heterocycles. The predicted octanol–water partition coefficient (Wildman–Crippen LogP) is -4.30. The van der Waals surface area contributed by atoms with Crippen LogP contribution in [0.4, 0.5) is 0 Å². The summed E-state index contributed by atoms with van der Waals surface area (Å²) in [5.74, 6) is -2.18. The van der Waals surface area contributed by atoms with Gasteiger partial charge in [-0.3, -0.25) is 0 Å². The lowest BCUT2D eigenvalue weighted by molar-refractivity contribution is -0.363. The van der Waals surface area contributed by atoms with Gasteiger partial charge in [0.25, 0.3) is 0 Å². The maximum atomic E-state index is 10.9. The normalized spacial score (nSPS) is 38.1. The van der Waals surface area contributed by atoms with Crippen LogP contribution in [0.25, 0.3) is 0 Å². The zero-order valence-electron chi connectivity index (χ0n) is 23.2. The second-order valence-corrected chi connectivity index (χ2v) is 10.8. The van der Waals surface area contributed by atoms with E-state index in [2.05, 4.69) is 6.58 Å². The number of aliphatic hydroxyl groups excluding tert-OH is 11. The van der Waals surface area contributed by atoms with Crippen LogP contribution in [-0.4, -0.2) is 162 Å². The van der Waals surface area contributed by atoms with Crippen LogP contribution in [0, 0.1) is 11.8 Å². The van der Waals surface area contributed by atoms with Gasteiger partial charge < -0.3 is 75.1 Å². The summed E-state index contributed by atoms with van der Waals surface area (Å²) < 4.78 is 22.9. The third-order valence-electron chi connectivity index (χ3n) is 7.69. The molecule has 242 valence electrons. The van der Waals surface area contributed by atoms with Crippen molar-refractivity contribution < 1.29 is 75.1 Å². The van der Waals surface area contributed by atoms with Gasteiger partial charge in [0.15, 0.2) is 12.6 Å². The molecule has 15 nitrogen and oxygen atoms in total. The average molecular weight is 601 g/mol. The number of hydrogen-bond donors (Lipinski definition) is 11. The SMILES string of the molecule is C=CCCCCOC1OC(CO)C(O)C(O)C1OC1OC(CO)C(O)C(O)C1CC(O)C(O)C(O)C(O)C(C)CO. The summed E-state index contributed by atoms with van der Waals surface area (Å²) in [5.41, 5.74) is 0. The number of allylic oxidation sites excluding steroid dienone is 1. The molecule has 11 N–H and O–H groups in total. The quantitative estimate of drug-likeness (QED) is 0.0557. The van der Waals surface area contributed by atoms with E-state index >= 15 is 0 Å².